The van der Waals surface area contributed by atoms with E-state index in [0.717, 1.165) is 61.3 Å². The van der Waals surface area contributed by atoms with Crippen molar-refractivity contribution in [3.05, 3.63) is 93.7 Å². The molecule has 1 fully saturated rings. The zero-order valence-corrected chi connectivity index (χ0v) is 26.1. The smallest absolute Gasteiger partial charge is 0.317 e. The number of benzene rings is 2. The van der Waals surface area contributed by atoms with Gasteiger partial charge in [-0.3, -0.25) is 14.9 Å². The van der Waals surface area contributed by atoms with E-state index in [4.69, 9.17) is 23.2 Å². The molecule has 1 aliphatic carbocycles. The number of nitrogens with zero attached hydrogens (tertiary/aromatic N) is 6. The van der Waals surface area contributed by atoms with Crippen molar-refractivity contribution in [3.63, 3.8) is 0 Å². The Bertz CT molecular complexity index is 1630. The van der Waals surface area contributed by atoms with Gasteiger partial charge in [-0.15, -0.1) is 0 Å². The molecule has 0 radical (unpaired) electrons. The monoisotopic (exact) mass is 615 g/mol. The lowest BCUT2D eigenvalue weighted by Crippen LogP contribution is -2.49. The van der Waals surface area contributed by atoms with E-state index in [-0.39, 0.29) is 18.1 Å². The van der Waals surface area contributed by atoms with Gasteiger partial charge in [-0.2, -0.15) is 0 Å². The van der Waals surface area contributed by atoms with Crippen molar-refractivity contribution >= 4 is 29.2 Å². The highest BCUT2D eigenvalue weighted by Crippen LogP contribution is 2.40. The summed E-state index contributed by atoms with van der Waals surface area (Å²) in [4.78, 5) is 34.8. The summed E-state index contributed by atoms with van der Waals surface area (Å²) in [6, 6.07) is 12.7. The van der Waals surface area contributed by atoms with Gasteiger partial charge in [0.05, 0.1) is 33.7 Å². The van der Waals surface area contributed by atoms with Crippen molar-refractivity contribution < 1.29 is 4.79 Å². The zero-order chi connectivity index (χ0) is 30.1. The third kappa shape index (κ3) is 6.09. The lowest BCUT2D eigenvalue weighted by Gasteiger charge is -2.40. The van der Waals surface area contributed by atoms with Crippen molar-refractivity contribution in [3.8, 4) is 22.5 Å². The first-order valence-corrected chi connectivity index (χ1v) is 15.5. The molecule has 6 rings (SSSR count). The van der Waals surface area contributed by atoms with E-state index in [1.165, 1.54) is 11.1 Å². The van der Waals surface area contributed by atoms with Gasteiger partial charge in [0.1, 0.15) is 6.33 Å². The van der Waals surface area contributed by atoms with Crippen LogP contribution in [0, 0.1) is 6.92 Å². The number of amides is 2. The molecule has 2 amide bonds. The zero-order valence-electron chi connectivity index (χ0n) is 24.6. The number of fused-ring (bicyclic) bond motifs is 1. The van der Waals surface area contributed by atoms with Crippen LogP contribution in [-0.2, 0) is 6.42 Å². The van der Waals surface area contributed by atoms with E-state index in [1.807, 2.05) is 44.0 Å². The van der Waals surface area contributed by atoms with Crippen molar-refractivity contribution in [1.29, 1.82) is 0 Å². The summed E-state index contributed by atoms with van der Waals surface area (Å²) in [5.41, 5.74) is 8.04. The number of rotatable bonds is 6. The van der Waals surface area contributed by atoms with Crippen LogP contribution in [0.4, 0.5) is 4.79 Å². The molecular formula is C33H35Cl2N7O. The SMILES string of the molecule is Cc1cc(-c2ccc3c(c2)CCC3N2CCC(N(C)C(=O)N[C@@H](C)c3ccc(-c4cnccn4)c(Cl)c3Cl)CC2)ncn1. The van der Waals surface area contributed by atoms with Gasteiger partial charge in [-0.05, 0) is 68.4 Å². The molecule has 2 aliphatic rings. The minimum Gasteiger partial charge on any atom is -0.331 e. The van der Waals surface area contributed by atoms with Crippen LogP contribution in [0.15, 0.2) is 61.3 Å². The Hall–Kier alpha value is -3.59. The van der Waals surface area contributed by atoms with E-state index in [2.05, 4.69) is 48.4 Å². The molecule has 1 N–H and O–H groups in total. The Balaban J connectivity index is 1.05. The molecule has 0 bridgehead atoms. The second-order valence-corrected chi connectivity index (χ2v) is 12.2. The van der Waals surface area contributed by atoms with Crippen molar-refractivity contribution in [2.75, 3.05) is 20.1 Å². The number of urea groups is 1. The second kappa shape index (κ2) is 12.6. The lowest BCUT2D eigenvalue weighted by atomic mass is 9.98. The summed E-state index contributed by atoms with van der Waals surface area (Å²) >= 11 is 13.3. The normalized spacial score (nSPS) is 17.8. The summed E-state index contributed by atoms with van der Waals surface area (Å²) in [6.07, 6.45) is 10.6. The van der Waals surface area contributed by atoms with Gasteiger partial charge in [-0.1, -0.05) is 47.5 Å². The summed E-state index contributed by atoms with van der Waals surface area (Å²) in [7, 11) is 1.88. The highest BCUT2D eigenvalue weighted by atomic mass is 35.5. The van der Waals surface area contributed by atoms with Crippen molar-refractivity contribution in [1.82, 2.24) is 35.1 Å². The minimum atomic E-state index is -0.318. The number of halogens is 2. The average Bonchev–Trinajstić information content (AvgIpc) is 3.46. The first kappa shape index (κ1) is 29.5. The third-order valence-electron chi connectivity index (χ3n) is 8.85. The Morgan fingerprint density at radius 1 is 1.00 bits per heavy atom. The Labute approximate surface area is 262 Å². The molecular weight excluding hydrogens is 581 g/mol. The van der Waals surface area contributed by atoms with E-state index in [0.29, 0.717) is 27.3 Å². The van der Waals surface area contributed by atoms with Crippen LogP contribution >= 0.6 is 23.2 Å². The van der Waals surface area contributed by atoms with Crippen molar-refractivity contribution in [2.24, 2.45) is 0 Å². The number of nitrogens with one attached hydrogen (secondary N) is 1. The average molecular weight is 617 g/mol. The van der Waals surface area contributed by atoms with Gasteiger partial charge in [0.15, 0.2) is 0 Å². The molecule has 2 aromatic carbocycles. The molecule has 1 aliphatic heterocycles. The van der Waals surface area contributed by atoms with Gasteiger partial charge in [0, 0.05) is 61.4 Å². The summed E-state index contributed by atoms with van der Waals surface area (Å²) < 4.78 is 0. The summed E-state index contributed by atoms with van der Waals surface area (Å²) in [5.74, 6) is 0. The maximum atomic E-state index is 13.3. The van der Waals surface area contributed by atoms with Crippen LogP contribution in [0.5, 0.6) is 0 Å². The number of hydrogen-bond donors (Lipinski definition) is 1. The molecule has 8 nitrogen and oxygen atoms in total. The second-order valence-electron chi connectivity index (χ2n) is 11.5. The fraction of sp³-hybridized carbons (Fsp3) is 0.364. The fourth-order valence-corrected chi connectivity index (χ4v) is 6.99. The molecule has 0 saturated carbocycles. The maximum absolute atomic E-state index is 13.3. The first-order valence-electron chi connectivity index (χ1n) is 14.7. The number of aromatic nitrogens is 4. The quantitative estimate of drug-likeness (QED) is 0.249. The minimum absolute atomic E-state index is 0.116. The molecule has 2 atom stereocenters. The summed E-state index contributed by atoms with van der Waals surface area (Å²) in [5, 5.41) is 3.92. The van der Waals surface area contributed by atoms with Gasteiger partial charge in [0.2, 0.25) is 0 Å². The highest BCUT2D eigenvalue weighted by Gasteiger charge is 2.33. The van der Waals surface area contributed by atoms with Gasteiger partial charge >= 0.3 is 6.03 Å². The number of piperidine rings is 1. The van der Waals surface area contributed by atoms with Crippen LogP contribution in [-0.4, -0.2) is 61.9 Å². The number of carbonyl (C=O) groups is 1. The van der Waals surface area contributed by atoms with Crippen molar-refractivity contribution in [2.45, 2.75) is 57.7 Å². The molecule has 222 valence electrons. The Morgan fingerprint density at radius 2 is 1.81 bits per heavy atom. The predicted octanol–water partition coefficient (Wildman–Crippen LogP) is 7.07. The van der Waals surface area contributed by atoms with Gasteiger partial charge < -0.3 is 10.2 Å². The molecule has 4 aromatic rings. The Morgan fingerprint density at radius 3 is 2.56 bits per heavy atom. The molecule has 1 saturated heterocycles. The van der Waals surface area contributed by atoms with Crippen LogP contribution in [0.1, 0.15) is 60.7 Å². The van der Waals surface area contributed by atoms with Crippen LogP contribution in [0.2, 0.25) is 10.0 Å². The molecule has 1 unspecified atom stereocenters. The number of hydrogen-bond acceptors (Lipinski definition) is 6. The van der Waals surface area contributed by atoms with E-state index < -0.39 is 0 Å². The number of aryl methyl sites for hydroxylation is 2. The number of carbonyl (C=O) groups excluding carboxylic acids is 1. The molecule has 2 aromatic heterocycles. The molecule has 3 heterocycles. The first-order chi connectivity index (χ1) is 20.8. The van der Waals surface area contributed by atoms with E-state index in [1.54, 1.807) is 24.9 Å². The molecule has 43 heavy (non-hydrogen) atoms. The van der Waals surface area contributed by atoms with Gasteiger partial charge in [-0.25, -0.2) is 14.8 Å². The predicted molar refractivity (Wildman–Crippen MR) is 170 cm³/mol. The highest BCUT2D eigenvalue weighted by molar-refractivity contribution is 6.44. The molecule has 10 heteroatoms. The topological polar surface area (TPSA) is 87.1 Å². The van der Waals surface area contributed by atoms with Crippen LogP contribution in [0.25, 0.3) is 22.5 Å². The standard InChI is InChI=1S/C33H35Cl2N7O/c1-20-16-28(39-19-38-20)23-4-6-26-22(17-23)5-9-30(26)42-14-10-24(11-15-42)41(3)33(43)40-21(2)25-7-8-27(32(35)31(25)34)29-18-36-12-13-37-29/h4,6-8,12-13,16-19,21,24,30H,5,9-11,14-15H2,1-3H3,(H,40,43)/t21-,30?/m0/s1. The fourth-order valence-electron chi connectivity index (χ4n) is 6.40. The number of likely N-dealkylation sites (tertiary alicyclic amines) is 1. The van der Waals surface area contributed by atoms with Crippen LogP contribution < -0.4 is 5.32 Å². The maximum Gasteiger partial charge on any atom is 0.317 e. The molecule has 0 spiro atoms. The third-order valence-corrected chi connectivity index (χ3v) is 9.75. The van der Waals surface area contributed by atoms with Gasteiger partial charge in [0.25, 0.3) is 0 Å². The summed E-state index contributed by atoms with van der Waals surface area (Å²) in [6.45, 7) is 5.83. The Kier molecular flexibility index (Phi) is 8.61. The van der Waals surface area contributed by atoms with E-state index in [9.17, 15) is 4.79 Å². The van der Waals surface area contributed by atoms with E-state index >= 15 is 0 Å². The van der Waals surface area contributed by atoms with Crippen LogP contribution in [0.3, 0.4) is 0 Å². The lowest BCUT2D eigenvalue weighted by molar-refractivity contribution is 0.105. The largest absolute Gasteiger partial charge is 0.331 e.